The minimum absolute atomic E-state index is 0.0169. The molecule has 0 spiro atoms. The van der Waals surface area contributed by atoms with E-state index in [1.807, 2.05) is 13.8 Å². The van der Waals surface area contributed by atoms with Gasteiger partial charge in [-0.2, -0.15) is 0 Å². The summed E-state index contributed by atoms with van der Waals surface area (Å²) in [5.74, 6) is -0.337. The molecule has 1 N–H and O–H groups in total. The van der Waals surface area contributed by atoms with Gasteiger partial charge in [0.1, 0.15) is 0 Å². The van der Waals surface area contributed by atoms with Crippen molar-refractivity contribution in [2.45, 2.75) is 46.0 Å². The normalized spacial score (nSPS) is 17.1. The third kappa shape index (κ3) is 3.45. The van der Waals surface area contributed by atoms with Crippen LogP contribution in [-0.4, -0.2) is 35.5 Å². The number of carbonyl (C=O) groups is 2. The Morgan fingerprint density at radius 2 is 1.82 bits per heavy atom. The summed E-state index contributed by atoms with van der Waals surface area (Å²) in [6.45, 7) is 4.27. The fourth-order valence-corrected chi connectivity index (χ4v) is 2.68. The van der Waals surface area contributed by atoms with E-state index in [1.165, 1.54) is 12.8 Å². The van der Waals surface area contributed by atoms with Crippen LogP contribution in [0.25, 0.3) is 0 Å². The summed E-state index contributed by atoms with van der Waals surface area (Å²) in [4.78, 5) is 24.4. The van der Waals surface area contributed by atoms with Crippen LogP contribution >= 0.6 is 0 Å². The number of carboxylic acids is 1. The lowest BCUT2D eigenvalue weighted by Gasteiger charge is -2.34. The Morgan fingerprint density at radius 3 is 2.29 bits per heavy atom. The zero-order valence-electron chi connectivity index (χ0n) is 11.0. The average Bonchev–Trinajstić information content (AvgIpc) is 2.78. The van der Waals surface area contributed by atoms with E-state index in [0.29, 0.717) is 12.5 Å². The summed E-state index contributed by atoms with van der Waals surface area (Å²) in [7, 11) is 1.70. The third-order valence-corrected chi connectivity index (χ3v) is 3.93. The van der Waals surface area contributed by atoms with Gasteiger partial charge in [-0.15, -0.1) is 0 Å². The zero-order chi connectivity index (χ0) is 13.1. The predicted molar refractivity (Wildman–Crippen MR) is 65.6 cm³/mol. The fraction of sp³-hybridized carbons (Fsp3) is 0.846. The number of aliphatic carboxylic acids is 1. The quantitative estimate of drug-likeness (QED) is 0.802. The van der Waals surface area contributed by atoms with E-state index in [1.54, 1.807) is 11.9 Å². The summed E-state index contributed by atoms with van der Waals surface area (Å²) in [6.07, 6.45) is 4.67. The minimum Gasteiger partial charge on any atom is -0.481 e. The van der Waals surface area contributed by atoms with E-state index in [0.717, 1.165) is 12.8 Å². The molecule has 0 radical (unpaired) electrons. The number of amides is 1. The summed E-state index contributed by atoms with van der Waals surface area (Å²) >= 11 is 0. The lowest BCUT2D eigenvalue weighted by atomic mass is 9.76. The SMILES string of the molecule is CN(CCC(=O)O)C(=O)C(C)(C)C1CCCC1. The molecule has 0 aromatic carbocycles. The molecule has 1 aliphatic rings. The standard InChI is InChI=1S/C13H23NO3/c1-13(2,10-6-4-5-7-10)12(17)14(3)9-8-11(15)16/h10H,4-9H2,1-3H3,(H,15,16). The molecule has 1 saturated carbocycles. The van der Waals surface area contributed by atoms with Gasteiger partial charge in [-0.25, -0.2) is 0 Å². The Bertz CT molecular complexity index is 293. The molecule has 17 heavy (non-hydrogen) atoms. The van der Waals surface area contributed by atoms with E-state index in [2.05, 4.69) is 0 Å². The summed E-state index contributed by atoms with van der Waals surface area (Å²) in [5, 5.41) is 8.62. The van der Waals surface area contributed by atoms with Gasteiger partial charge in [0.05, 0.1) is 6.42 Å². The fourth-order valence-electron chi connectivity index (χ4n) is 2.68. The van der Waals surface area contributed by atoms with Crippen molar-refractivity contribution in [3.05, 3.63) is 0 Å². The lowest BCUT2D eigenvalue weighted by molar-refractivity contribution is -0.143. The van der Waals surface area contributed by atoms with Gasteiger partial charge in [-0.05, 0) is 18.8 Å². The van der Waals surface area contributed by atoms with Crippen LogP contribution in [0.1, 0.15) is 46.0 Å². The largest absolute Gasteiger partial charge is 0.481 e. The molecule has 0 saturated heterocycles. The van der Waals surface area contributed by atoms with Gasteiger partial charge in [0.2, 0.25) is 5.91 Å². The van der Waals surface area contributed by atoms with Crippen LogP contribution in [0.4, 0.5) is 0 Å². The maximum atomic E-state index is 12.3. The zero-order valence-corrected chi connectivity index (χ0v) is 11.0. The molecule has 0 aromatic heterocycles. The molecule has 1 amide bonds. The van der Waals surface area contributed by atoms with Crippen molar-refractivity contribution in [3.63, 3.8) is 0 Å². The first-order valence-corrected chi connectivity index (χ1v) is 6.33. The smallest absolute Gasteiger partial charge is 0.305 e. The Kier molecular flexibility index (Phi) is 4.54. The van der Waals surface area contributed by atoms with Gasteiger partial charge in [0, 0.05) is 19.0 Å². The highest BCUT2D eigenvalue weighted by Gasteiger charge is 2.39. The van der Waals surface area contributed by atoms with E-state index < -0.39 is 5.97 Å². The van der Waals surface area contributed by atoms with Gasteiger partial charge in [0.25, 0.3) is 0 Å². The molecule has 98 valence electrons. The molecule has 1 rings (SSSR count). The second-order valence-electron chi connectivity index (χ2n) is 5.57. The van der Waals surface area contributed by atoms with Gasteiger partial charge in [-0.1, -0.05) is 26.7 Å². The highest BCUT2D eigenvalue weighted by molar-refractivity contribution is 5.82. The molecule has 1 fully saturated rings. The number of carboxylic acid groups (broad SMARTS) is 1. The van der Waals surface area contributed by atoms with Crippen LogP contribution in [0.5, 0.6) is 0 Å². The van der Waals surface area contributed by atoms with Crippen LogP contribution in [-0.2, 0) is 9.59 Å². The van der Waals surface area contributed by atoms with Gasteiger partial charge < -0.3 is 10.0 Å². The highest BCUT2D eigenvalue weighted by Crippen LogP contribution is 2.40. The number of nitrogens with zero attached hydrogens (tertiary/aromatic N) is 1. The van der Waals surface area contributed by atoms with Crippen molar-refractivity contribution in [3.8, 4) is 0 Å². The molecule has 4 heteroatoms. The van der Waals surface area contributed by atoms with E-state index in [-0.39, 0.29) is 17.7 Å². The first-order chi connectivity index (χ1) is 7.85. The Morgan fingerprint density at radius 1 is 1.29 bits per heavy atom. The number of carbonyl (C=O) groups excluding carboxylic acids is 1. The Hall–Kier alpha value is -1.06. The van der Waals surface area contributed by atoms with Crippen molar-refractivity contribution >= 4 is 11.9 Å². The second-order valence-corrected chi connectivity index (χ2v) is 5.57. The summed E-state index contributed by atoms with van der Waals surface area (Å²) in [5.41, 5.74) is -0.357. The van der Waals surface area contributed by atoms with Gasteiger partial charge in [-0.3, -0.25) is 9.59 Å². The van der Waals surface area contributed by atoms with Crippen molar-refractivity contribution in [2.24, 2.45) is 11.3 Å². The number of hydrogen-bond donors (Lipinski definition) is 1. The molecule has 0 atom stereocenters. The molecule has 0 heterocycles. The molecular weight excluding hydrogens is 218 g/mol. The highest BCUT2D eigenvalue weighted by atomic mass is 16.4. The van der Waals surface area contributed by atoms with Crippen LogP contribution in [0.3, 0.4) is 0 Å². The van der Waals surface area contributed by atoms with Crippen molar-refractivity contribution < 1.29 is 14.7 Å². The van der Waals surface area contributed by atoms with E-state index in [4.69, 9.17) is 5.11 Å². The molecule has 0 bridgehead atoms. The lowest BCUT2D eigenvalue weighted by Crippen LogP contribution is -2.43. The summed E-state index contributed by atoms with van der Waals surface area (Å²) in [6, 6.07) is 0. The first-order valence-electron chi connectivity index (χ1n) is 6.33. The van der Waals surface area contributed by atoms with Crippen LogP contribution < -0.4 is 0 Å². The summed E-state index contributed by atoms with van der Waals surface area (Å²) < 4.78 is 0. The van der Waals surface area contributed by atoms with Crippen LogP contribution in [0, 0.1) is 11.3 Å². The minimum atomic E-state index is -0.858. The molecule has 0 aliphatic heterocycles. The van der Waals surface area contributed by atoms with Gasteiger partial charge in [0.15, 0.2) is 0 Å². The van der Waals surface area contributed by atoms with E-state index in [9.17, 15) is 9.59 Å². The second kappa shape index (κ2) is 5.52. The molecule has 0 unspecified atom stereocenters. The van der Waals surface area contributed by atoms with Gasteiger partial charge >= 0.3 is 5.97 Å². The van der Waals surface area contributed by atoms with Crippen molar-refractivity contribution in [2.75, 3.05) is 13.6 Å². The average molecular weight is 241 g/mol. The monoisotopic (exact) mass is 241 g/mol. The van der Waals surface area contributed by atoms with Crippen LogP contribution in [0.15, 0.2) is 0 Å². The number of rotatable bonds is 5. The maximum Gasteiger partial charge on any atom is 0.305 e. The molecule has 1 aliphatic carbocycles. The van der Waals surface area contributed by atoms with E-state index >= 15 is 0 Å². The van der Waals surface area contributed by atoms with Crippen LogP contribution in [0.2, 0.25) is 0 Å². The molecule has 4 nitrogen and oxygen atoms in total. The van der Waals surface area contributed by atoms with Crippen molar-refractivity contribution in [1.29, 1.82) is 0 Å². The first kappa shape index (κ1) is 14.0. The molecular formula is C13H23NO3. The topological polar surface area (TPSA) is 57.6 Å². The Balaban J connectivity index is 2.57. The number of hydrogen-bond acceptors (Lipinski definition) is 2. The third-order valence-electron chi connectivity index (χ3n) is 3.93. The predicted octanol–water partition coefficient (Wildman–Crippen LogP) is 2.14. The van der Waals surface area contributed by atoms with Crippen molar-refractivity contribution in [1.82, 2.24) is 4.90 Å². The maximum absolute atomic E-state index is 12.3. The molecule has 0 aromatic rings. The Labute approximate surface area is 103 Å².